The number of nitrogens with zero attached hydrogens (tertiary/aromatic N) is 1. The molecular weight excluding hydrogens is 388 g/mol. The van der Waals surface area contributed by atoms with E-state index in [0.717, 1.165) is 6.08 Å². The molecule has 0 saturated carbocycles. The Morgan fingerprint density at radius 2 is 1.67 bits per heavy atom. The molecule has 0 saturated heterocycles. The van der Waals surface area contributed by atoms with Gasteiger partial charge >= 0.3 is 18.0 Å². The van der Waals surface area contributed by atoms with Gasteiger partial charge < -0.3 is 19.5 Å². The lowest BCUT2D eigenvalue weighted by Crippen LogP contribution is -2.29. The summed E-state index contributed by atoms with van der Waals surface area (Å²) in [6.45, 7) is 11.5. The highest BCUT2D eigenvalue weighted by Crippen LogP contribution is 2.16. The third kappa shape index (κ3) is 13.3. The van der Waals surface area contributed by atoms with Crippen LogP contribution in [0.25, 0.3) is 0 Å². The Bertz CT molecular complexity index is 636. The standard InChI is InChI=1S/C13H21NO6.C9H13N/c1-4-10(3)12(16)19-8-9-20-13(17)14-6-7-18-11(15)5-2;1-3-8(2)9-4-6-10-7-5-9/h5,10H,2,4,6-9H2,1,3H3,(H,14,17);4-8H,3H2,1-2H3. The van der Waals surface area contributed by atoms with Gasteiger partial charge in [-0.1, -0.05) is 34.3 Å². The fourth-order valence-electron chi connectivity index (χ4n) is 1.93. The molecule has 0 aliphatic carbocycles. The van der Waals surface area contributed by atoms with Gasteiger partial charge in [0.05, 0.1) is 12.5 Å². The highest BCUT2D eigenvalue weighted by molar-refractivity contribution is 5.81. The maximum absolute atomic E-state index is 11.3. The Labute approximate surface area is 179 Å². The van der Waals surface area contributed by atoms with Crippen LogP contribution in [0.4, 0.5) is 4.79 Å². The van der Waals surface area contributed by atoms with Gasteiger partial charge in [-0.25, -0.2) is 9.59 Å². The van der Waals surface area contributed by atoms with Crippen LogP contribution in [0.3, 0.4) is 0 Å². The molecule has 168 valence electrons. The lowest BCUT2D eigenvalue weighted by Gasteiger charge is -2.10. The van der Waals surface area contributed by atoms with E-state index in [2.05, 4.69) is 47.6 Å². The molecule has 0 bridgehead atoms. The minimum atomic E-state index is -0.667. The van der Waals surface area contributed by atoms with Crippen LogP contribution < -0.4 is 5.32 Å². The predicted octanol–water partition coefficient (Wildman–Crippen LogP) is 3.63. The monoisotopic (exact) mass is 422 g/mol. The molecule has 30 heavy (non-hydrogen) atoms. The van der Waals surface area contributed by atoms with Gasteiger partial charge in [0.15, 0.2) is 0 Å². The van der Waals surface area contributed by atoms with Crippen molar-refractivity contribution in [2.45, 2.75) is 46.5 Å². The second-order valence-corrected chi connectivity index (χ2v) is 6.50. The van der Waals surface area contributed by atoms with Gasteiger partial charge in [0, 0.05) is 18.5 Å². The Morgan fingerprint density at radius 3 is 2.23 bits per heavy atom. The molecule has 1 rings (SSSR count). The zero-order valence-corrected chi connectivity index (χ0v) is 18.4. The predicted molar refractivity (Wildman–Crippen MR) is 114 cm³/mol. The molecule has 0 aliphatic heterocycles. The van der Waals surface area contributed by atoms with Gasteiger partial charge in [0.1, 0.15) is 19.8 Å². The molecule has 0 aromatic carbocycles. The lowest BCUT2D eigenvalue weighted by atomic mass is 10.0. The number of alkyl carbamates (subject to hydrolysis) is 1. The average molecular weight is 423 g/mol. The van der Waals surface area contributed by atoms with Gasteiger partial charge in [-0.05, 0) is 36.5 Å². The molecule has 2 unspecified atom stereocenters. The molecule has 1 N–H and O–H groups in total. The molecule has 1 heterocycles. The first-order valence-corrected chi connectivity index (χ1v) is 10.1. The number of pyridine rings is 1. The van der Waals surface area contributed by atoms with Crippen molar-refractivity contribution >= 4 is 18.0 Å². The van der Waals surface area contributed by atoms with E-state index in [1.807, 2.05) is 19.3 Å². The first-order chi connectivity index (χ1) is 14.3. The molecule has 0 aliphatic rings. The summed E-state index contributed by atoms with van der Waals surface area (Å²) >= 11 is 0. The number of aromatic nitrogens is 1. The zero-order valence-electron chi connectivity index (χ0n) is 18.4. The van der Waals surface area contributed by atoms with Gasteiger partial charge in [-0.3, -0.25) is 9.78 Å². The van der Waals surface area contributed by atoms with Gasteiger partial charge in [-0.15, -0.1) is 0 Å². The second kappa shape index (κ2) is 17.0. The third-order valence-corrected chi connectivity index (χ3v) is 4.25. The molecule has 1 amide bonds. The molecule has 0 spiro atoms. The number of ether oxygens (including phenoxy) is 3. The van der Waals surface area contributed by atoms with Crippen molar-refractivity contribution < 1.29 is 28.6 Å². The Hall–Kier alpha value is -2.90. The van der Waals surface area contributed by atoms with Crippen molar-refractivity contribution in [1.29, 1.82) is 0 Å². The molecule has 1 aromatic rings. The van der Waals surface area contributed by atoms with Crippen LogP contribution >= 0.6 is 0 Å². The van der Waals surface area contributed by atoms with E-state index in [-0.39, 0.29) is 38.3 Å². The van der Waals surface area contributed by atoms with E-state index in [1.54, 1.807) is 6.92 Å². The molecule has 0 radical (unpaired) electrons. The number of rotatable bonds is 11. The summed E-state index contributed by atoms with van der Waals surface area (Å²) in [5, 5.41) is 2.37. The molecule has 2 atom stereocenters. The molecular formula is C22H34N2O6. The number of nitrogens with one attached hydrogen (secondary N) is 1. The summed E-state index contributed by atoms with van der Waals surface area (Å²) in [5.74, 6) is -0.364. The second-order valence-electron chi connectivity index (χ2n) is 6.50. The van der Waals surface area contributed by atoms with E-state index in [0.29, 0.717) is 12.3 Å². The lowest BCUT2D eigenvalue weighted by molar-refractivity contribution is -0.149. The number of carbonyl (C=O) groups excluding carboxylic acids is 3. The van der Waals surface area contributed by atoms with Crippen molar-refractivity contribution in [2.24, 2.45) is 5.92 Å². The molecule has 8 nitrogen and oxygen atoms in total. The van der Waals surface area contributed by atoms with Gasteiger partial charge in [-0.2, -0.15) is 0 Å². The Morgan fingerprint density at radius 1 is 1.03 bits per heavy atom. The molecule has 8 heteroatoms. The van der Waals surface area contributed by atoms with Gasteiger partial charge in [0.25, 0.3) is 0 Å². The van der Waals surface area contributed by atoms with E-state index >= 15 is 0 Å². The summed E-state index contributed by atoms with van der Waals surface area (Å²) in [6, 6.07) is 4.16. The molecule has 0 fully saturated rings. The van der Waals surface area contributed by atoms with Crippen molar-refractivity contribution in [3.63, 3.8) is 0 Å². The fourth-order valence-corrected chi connectivity index (χ4v) is 1.93. The number of esters is 2. The summed E-state index contributed by atoms with van der Waals surface area (Å²) < 4.78 is 14.3. The smallest absolute Gasteiger partial charge is 0.407 e. The Balaban J connectivity index is 0.000000696. The first-order valence-electron chi connectivity index (χ1n) is 10.1. The van der Waals surface area contributed by atoms with Crippen LogP contribution in [0.15, 0.2) is 37.2 Å². The van der Waals surface area contributed by atoms with E-state index in [4.69, 9.17) is 9.47 Å². The highest BCUT2D eigenvalue weighted by Gasteiger charge is 2.11. The average Bonchev–Trinajstić information content (AvgIpc) is 2.78. The largest absolute Gasteiger partial charge is 0.462 e. The summed E-state index contributed by atoms with van der Waals surface area (Å²) in [7, 11) is 0. The van der Waals surface area contributed by atoms with E-state index < -0.39 is 12.1 Å². The minimum absolute atomic E-state index is 0.0159. The van der Waals surface area contributed by atoms with E-state index in [1.165, 1.54) is 12.0 Å². The third-order valence-electron chi connectivity index (χ3n) is 4.25. The summed E-state index contributed by atoms with van der Waals surface area (Å²) in [5.41, 5.74) is 1.39. The minimum Gasteiger partial charge on any atom is -0.462 e. The Kier molecular flexibility index (Phi) is 15.4. The van der Waals surface area contributed by atoms with Crippen LogP contribution in [0.5, 0.6) is 0 Å². The quantitative estimate of drug-likeness (QED) is 0.251. The maximum atomic E-state index is 11.3. The fraction of sp³-hybridized carbons (Fsp3) is 0.545. The number of carbonyl (C=O) groups is 3. The van der Waals surface area contributed by atoms with Crippen molar-refractivity contribution in [1.82, 2.24) is 10.3 Å². The first kappa shape index (κ1) is 27.1. The van der Waals surface area contributed by atoms with Crippen LogP contribution in [0.1, 0.15) is 52.0 Å². The van der Waals surface area contributed by atoms with Crippen LogP contribution in [-0.2, 0) is 23.8 Å². The number of hydrogen-bond acceptors (Lipinski definition) is 7. The normalized spacial score (nSPS) is 11.7. The molecule has 1 aromatic heterocycles. The highest BCUT2D eigenvalue weighted by atomic mass is 16.6. The van der Waals surface area contributed by atoms with Crippen LogP contribution in [0.2, 0.25) is 0 Å². The van der Waals surface area contributed by atoms with Crippen molar-refractivity contribution in [3.8, 4) is 0 Å². The van der Waals surface area contributed by atoms with Crippen molar-refractivity contribution in [2.75, 3.05) is 26.4 Å². The summed E-state index contributed by atoms with van der Waals surface area (Å²) in [4.78, 5) is 37.1. The van der Waals surface area contributed by atoms with Gasteiger partial charge in [0.2, 0.25) is 0 Å². The van der Waals surface area contributed by atoms with Crippen LogP contribution in [0, 0.1) is 5.92 Å². The number of hydrogen-bond donors (Lipinski definition) is 1. The van der Waals surface area contributed by atoms with E-state index in [9.17, 15) is 14.4 Å². The van der Waals surface area contributed by atoms with Crippen molar-refractivity contribution in [3.05, 3.63) is 42.7 Å². The zero-order chi connectivity index (χ0) is 22.8. The van der Waals surface area contributed by atoms with Crippen LogP contribution in [-0.4, -0.2) is 49.4 Å². The summed E-state index contributed by atoms with van der Waals surface area (Å²) in [6.07, 6.45) is 5.96. The maximum Gasteiger partial charge on any atom is 0.407 e. The SMILES string of the molecule is C=CC(=O)OCCNC(=O)OCCOC(=O)C(C)CC.CCC(C)c1ccncc1. The number of amides is 1. The topological polar surface area (TPSA) is 104 Å².